The molecule has 1 heterocycles. The summed E-state index contributed by atoms with van der Waals surface area (Å²) in [7, 11) is 0. The van der Waals surface area contributed by atoms with Crippen LogP contribution in [0.2, 0.25) is 0 Å². The van der Waals surface area contributed by atoms with Gasteiger partial charge in [0.05, 0.1) is 5.52 Å². The van der Waals surface area contributed by atoms with Crippen LogP contribution in [0.1, 0.15) is 17.3 Å². The van der Waals surface area contributed by atoms with Gasteiger partial charge in [0.2, 0.25) is 5.91 Å². The molecule has 0 unspecified atom stereocenters. The van der Waals surface area contributed by atoms with Crippen molar-refractivity contribution < 1.29 is 9.59 Å². The van der Waals surface area contributed by atoms with Crippen molar-refractivity contribution in [3.63, 3.8) is 0 Å². The van der Waals surface area contributed by atoms with Gasteiger partial charge in [-0.3, -0.25) is 9.59 Å². The predicted molar refractivity (Wildman–Crippen MR) is 100 cm³/mol. The average Bonchev–Trinajstić information content (AvgIpc) is 2.65. The Kier molecular flexibility index (Phi) is 5.38. The Labute approximate surface area is 150 Å². The quantitative estimate of drug-likeness (QED) is 0.593. The first kappa shape index (κ1) is 17.3. The van der Waals surface area contributed by atoms with Gasteiger partial charge in [0.25, 0.3) is 5.91 Å². The van der Waals surface area contributed by atoms with Gasteiger partial charge >= 0.3 is 0 Å². The summed E-state index contributed by atoms with van der Waals surface area (Å²) >= 11 is 0. The van der Waals surface area contributed by atoms with Gasteiger partial charge in [-0.1, -0.05) is 18.2 Å². The Hall–Kier alpha value is -3.48. The highest BCUT2D eigenvalue weighted by atomic mass is 16.2. The molecular weight excluding hydrogens is 330 g/mol. The van der Waals surface area contributed by atoms with Gasteiger partial charge in [-0.15, -0.1) is 0 Å². The summed E-state index contributed by atoms with van der Waals surface area (Å²) in [5.41, 5.74) is 2.12. The second kappa shape index (κ2) is 8.06. The largest absolute Gasteiger partial charge is 0.355 e. The lowest BCUT2D eigenvalue weighted by Crippen LogP contribution is -2.33. The van der Waals surface area contributed by atoms with E-state index in [2.05, 4.69) is 25.9 Å². The third-order valence-electron chi connectivity index (χ3n) is 3.71. The Morgan fingerprint density at radius 2 is 1.77 bits per heavy atom. The van der Waals surface area contributed by atoms with Crippen molar-refractivity contribution >= 4 is 34.2 Å². The number of carbonyl (C=O) groups excluding carboxylic acids is 2. The minimum atomic E-state index is -0.202. The molecule has 0 aliphatic carbocycles. The molecule has 0 saturated heterocycles. The number of amides is 2. The van der Waals surface area contributed by atoms with Crippen LogP contribution in [-0.4, -0.2) is 34.9 Å². The molecular formula is C19H19N5O2. The average molecular weight is 349 g/mol. The minimum absolute atomic E-state index is 0.123. The first-order valence-corrected chi connectivity index (χ1v) is 8.23. The zero-order chi connectivity index (χ0) is 18.4. The Morgan fingerprint density at radius 3 is 2.62 bits per heavy atom. The highest BCUT2D eigenvalue weighted by Crippen LogP contribution is 2.23. The predicted octanol–water partition coefficient (Wildman–Crippen LogP) is 2.24. The molecule has 132 valence electrons. The van der Waals surface area contributed by atoms with Gasteiger partial charge in [-0.25, -0.2) is 9.97 Å². The Bertz CT molecular complexity index is 937. The van der Waals surface area contributed by atoms with E-state index in [9.17, 15) is 9.59 Å². The van der Waals surface area contributed by atoms with Crippen molar-refractivity contribution in [3.05, 3.63) is 60.4 Å². The summed E-state index contributed by atoms with van der Waals surface area (Å²) in [6.45, 7) is 2.20. The van der Waals surface area contributed by atoms with Crippen LogP contribution in [0.4, 0.5) is 11.5 Å². The SMILES string of the molecule is CC(=O)NCCNC(=O)c1cccc(Nc2ncnc3ccccc23)c1. The maximum Gasteiger partial charge on any atom is 0.251 e. The number of aromatic nitrogens is 2. The number of para-hydroxylation sites is 1. The molecule has 2 amide bonds. The molecule has 0 spiro atoms. The molecule has 1 aromatic heterocycles. The summed E-state index contributed by atoms with van der Waals surface area (Å²) < 4.78 is 0. The molecule has 7 nitrogen and oxygen atoms in total. The maximum absolute atomic E-state index is 12.2. The number of nitrogens with zero attached hydrogens (tertiary/aromatic N) is 2. The lowest BCUT2D eigenvalue weighted by atomic mass is 10.1. The van der Waals surface area contributed by atoms with Crippen molar-refractivity contribution in [2.45, 2.75) is 6.92 Å². The molecule has 0 atom stereocenters. The van der Waals surface area contributed by atoms with E-state index in [0.29, 0.717) is 24.5 Å². The van der Waals surface area contributed by atoms with E-state index in [1.165, 1.54) is 13.3 Å². The number of rotatable bonds is 6. The fourth-order valence-corrected chi connectivity index (χ4v) is 2.50. The van der Waals surface area contributed by atoms with Crippen LogP contribution in [0.3, 0.4) is 0 Å². The smallest absolute Gasteiger partial charge is 0.251 e. The number of carbonyl (C=O) groups is 2. The van der Waals surface area contributed by atoms with Crippen LogP contribution >= 0.6 is 0 Å². The summed E-state index contributed by atoms with van der Waals surface area (Å²) in [5, 5.41) is 9.54. The molecule has 2 aromatic carbocycles. The molecule has 0 aliphatic rings. The molecule has 3 rings (SSSR count). The van der Waals surface area contributed by atoms with Crippen molar-refractivity contribution in [1.29, 1.82) is 0 Å². The van der Waals surface area contributed by atoms with E-state index in [4.69, 9.17) is 0 Å². The van der Waals surface area contributed by atoms with Gasteiger partial charge in [0, 0.05) is 36.7 Å². The van der Waals surface area contributed by atoms with Crippen LogP contribution in [-0.2, 0) is 4.79 Å². The number of anilines is 2. The fraction of sp³-hybridized carbons (Fsp3) is 0.158. The third kappa shape index (κ3) is 4.32. The normalized spacial score (nSPS) is 10.3. The third-order valence-corrected chi connectivity index (χ3v) is 3.71. The van der Waals surface area contributed by atoms with Crippen LogP contribution in [0.5, 0.6) is 0 Å². The molecule has 3 N–H and O–H groups in total. The van der Waals surface area contributed by atoms with E-state index in [0.717, 1.165) is 16.6 Å². The topological polar surface area (TPSA) is 96.0 Å². The van der Waals surface area contributed by atoms with Crippen LogP contribution in [0.15, 0.2) is 54.9 Å². The number of nitrogens with one attached hydrogen (secondary N) is 3. The van der Waals surface area contributed by atoms with Crippen molar-refractivity contribution in [2.24, 2.45) is 0 Å². The molecule has 7 heteroatoms. The molecule has 0 bridgehead atoms. The zero-order valence-electron chi connectivity index (χ0n) is 14.3. The van der Waals surface area contributed by atoms with E-state index in [1.54, 1.807) is 18.2 Å². The summed E-state index contributed by atoms with van der Waals surface area (Å²) in [5.74, 6) is 0.355. The van der Waals surface area contributed by atoms with E-state index in [-0.39, 0.29) is 11.8 Å². The first-order chi connectivity index (χ1) is 12.6. The van der Waals surface area contributed by atoms with E-state index in [1.807, 2.05) is 30.3 Å². The molecule has 0 radical (unpaired) electrons. The molecule has 26 heavy (non-hydrogen) atoms. The first-order valence-electron chi connectivity index (χ1n) is 8.23. The van der Waals surface area contributed by atoms with E-state index < -0.39 is 0 Å². The number of hydrogen-bond acceptors (Lipinski definition) is 5. The monoisotopic (exact) mass is 349 g/mol. The molecule has 3 aromatic rings. The number of benzene rings is 2. The standard InChI is InChI=1S/C19H19N5O2/c1-13(25)20-9-10-21-19(26)14-5-4-6-15(11-14)24-18-16-7-2-3-8-17(16)22-12-23-18/h2-8,11-12H,9-10H2,1H3,(H,20,25)(H,21,26)(H,22,23,24). The molecule has 0 aliphatic heterocycles. The second-order valence-electron chi connectivity index (χ2n) is 5.68. The second-order valence-corrected chi connectivity index (χ2v) is 5.68. The number of fused-ring (bicyclic) bond motifs is 1. The maximum atomic E-state index is 12.2. The van der Waals surface area contributed by atoms with E-state index >= 15 is 0 Å². The van der Waals surface area contributed by atoms with Gasteiger partial charge in [0.15, 0.2) is 0 Å². The summed E-state index contributed by atoms with van der Waals surface area (Å²) in [6.07, 6.45) is 1.50. The lowest BCUT2D eigenvalue weighted by Gasteiger charge is -2.10. The van der Waals surface area contributed by atoms with Crippen molar-refractivity contribution in [1.82, 2.24) is 20.6 Å². The molecule has 0 saturated carbocycles. The number of hydrogen-bond donors (Lipinski definition) is 3. The van der Waals surface area contributed by atoms with Crippen LogP contribution in [0.25, 0.3) is 10.9 Å². The van der Waals surface area contributed by atoms with Gasteiger partial charge in [-0.05, 0) is 30.3 Å². The highest BCUT2D eigenvalue weighted by Gasteiger charge is 2.08. The fourth-order valence-electron chi connectivity index (χ4n) is 2.50. The lowest BCUT2D eigenvalue weighted by molar-refractivity contribution is -0.118. The Morgan fingerprint density at radius 1 is 0.962 bits per heavy atom. The zero-order valence-corrected chi connectivity index (χ0v) is 14.3. The minimum Gasteiger partial charge on any atom is -0.355 e. The van der Waals surface area contributed by atoms with Crippen molar-refractivity contribution in [2.75, 3.05) is 18.4 Å². The highest BCUT2D eigenvalue weighted by molar-refractivity contribution is 5.96. The van der Waals surface area contributed by atoms with Gasteiger partial charge < -0.3 is 16.0 Å². The van der Waals surface area contributed by atoms with Gasteiger partial charge in [-0.2, -0.15) is 0 Å². The van der Waals surface area contributed by atoms with Crippen LogP contribution < -0.4 is 16.0 Å². The van der Waals surface area contributed by atoms with Crippen molar-refractivity contribution in [3.8, 4) is 0 Å². The van der Waals surface area contributed by atoms with Crippen LogP contribution in [0, 0.1) is 0 Å². The molecule has 0 fully saturated rings. The Balaban J connectivity index is 1.71. The summed E-state index contributed by atoms with van der Waals surface area (Å²) in [4.78, 5) is 31.6. The van der Waals surface area contributed by atoms with Gasteiger partial charge in [0.1, 0.15) is 12.1 Å². The summed E-state index contributed by atoms with van der Waals surface area (Å²) in [6, 6.07) is 14.9.